The monoisotopic (exact) mass is 400 g/mol. The first kappa shape index (κ1) is 18.9. The minimum absolute atomic E-state index is 0.0230. The van der Waals surface area contributed by atoms with Gasteiger partial charge in [0.1, 0.15) is 6.33 Å². The Morgan fingerprint density at radius 1 is 1.30 bits per heavy atom. The van der Waals surface area contributed by atoms with Crippen LogP contribution in [0, 0.1) is 0 Å². The number of hydrogen-bond donors (Lipinski definition) is 2. The molecule has 1 aromatic heterocycles. The minimum Gasteiger partial charge on any atom is -0.426 e. The van der Waals surface area contributed by atoms with Crippen molar-refractivity contribution in [1.29, 1.82) is 0 Å². The van der Waals surface area contributed by atoms with Crippen LogP contribution in [0.15, 0.2) is 36.9 Å². The number of carbonyl (C=O) groups is 2. The summed E-state index contributed by atoms with van der Waals surface area (Å²) in [5.41, 5.74) is -3.15. The fourth-order valence-corrected chi connectivity index (χ4v) is 2.81. The molecule has 0 saturated carbocycles. The van der Waals surface area contributed by atoms with Crippen molar-refractivity contribution in [3.8, 4) is 0 Å². The third-order valence-corrected chi connectivity index (χ3v) is 4.13. The van der Waals surface area contributed by atoms with Crippen LogP contribution in [0.25, 0.3) is 0 Å². The van der Waals surface area contributed by atoms with E-state index in [1.165, 1.54) is 30.9 Å². The molecule has 2 amide bonds. The number of anilines is 1. The van der Waals surface area contributed by atoms with Crippen LogP contribution in [0.2, 0.25) is 5.02 Å². The molecule has 0 aliphatic carbocycles. The Kier molecular flexibility index (Phi) is 4.92. The Hall–Kier alpha value is -2.88. The molecule has 2 heterocycles. The average Bonchev–Trinajstić information content (AvgIpc) is 2.60. The van der Waals surface area contributed by atoms with Crippen LogP contribution >= 0.6 is 11.6 Å². The second-order valence-electron chi connectivity index (χ2n) is 5.73. The van der Waals surface area contributed by atoms with E-state index in [-0.39, 0.29) is 17.1 Å². The van der Waals surface area contributed by atoms with Crippen LogP contribution in [0.3, 0.4) is 0 Å². The highest BCUT2D eigenvalue weighted by Crippen LogP contribution is 2.47. The molecular weight excluding hydrogens is 389 g/mol. The zero-order valence-electron chi connectivity index (χ0n) is 13.5. The van der Waals surface area contributed by atoms with Gasteiger partial charge in [-0.15, -0.1) is 0 Å². The van der Waals surface area contributed by atoms with Crippen molar-refractivity contribution in [1.82, 2.24) is 15.3 Å². The van der Waals surface area contributed by atoms with Crippen molar-refractivity contribution < 1.29 is 27.5 Å². The smallest absolute Gasteiger partial charge is 0.426 e. The van der Waals surface area contributed by atoms with Crippen LogP contribution in [-0.4, -0.2) is 34.7 Å². The fraction of sp³-hybridized carbons (Fsp3) is 0.250. The third-order valence-electron chi connectivity index (χ3n) is 3.89. The molecule has 0 saturated heterocycles. The Balaban J connectivity index is 1.90. The lowest BCUT2D eigenvalue weighted by molar-refractivity contribution is -0.262. The van der Waals surface area contributed by atoms with Crippen molar-refractivity contribution in [2.24, 2.45) is 0 Å². The number of nitrogens with one attached hydrogen (secondary N) is 2. The highest BCUT2D eigenvalue weighted by atomic mass is 35.5. The number of nitrogens with zero attached hydrogens (tertiary/aromatic N) is 2. The average molecular weight is 401 g/mol. The summed E-state index contributed by atoms with van der Waals surface area (Å²) in [5.74, 6) is -0.716. The van der Waals surface area contributed by atoms with Gasteiger partial charge in [-0.2, -0.15) is 13.2 Å². The van der Waals surface area contributed by atoms with Crippen LogP contribution in [-0.2, 0) is 21.6 Å². The number of carbonyl (C=O) groups excluding carboxylic acids is 2. The number of cyclic esters (lactones) is 1. The Morgan fingerprint density at radius 3 is 2.67 bits per heavy atom. The summed E-state index contributed by atoms with van der Waals surface area (Å²) < 4.78 is 46.5. The van der Waals surface area contributed by atoms with E-state index in [0.29, 0.717) is 5.56 Å². The predicted octanol–water partition coefficient (Wildman–Crippen LogP) is 2.81. The largest absolute Gasteiger partial charge is 0.434 e. The quantitative estimate of drug-likeness (QED) is 0.823. The molecule has 1 unspecified atom stereocenters. The lowest BCUT2D eigenvalue weighted by Gasteiger charge is -2.39. The molecule has 142 valence electrons. The summed E-state index contributed by atoms with van der Waals surface area (Å²) in [6.07, 6.45) is -2.53. The summed E-state index contributed by atoms with van der Waals surface area (Å²) in [4.78, 5) is 31.2. The predicted molar refractivity (Wildman–Crippen MR) is 88.0 cm³/mol. The highest BCUT2D eigenvalue weighted by Gasteiger charge is 2.62. The van der Waals surface area contributed by atoms with Gasteiger partial charge in [-0.25, -0.2) is 14.8 Å². The van der Waals surface area contributed by atoms with Crippen molar-refractivity contribution in [3.63, 3.8) is 0 Å². The molecule has 11 heteroatoms. The zero-order chi connectivity index (χ0) is 19.7. The number of alkyl halides is 3. The van der Waals surface area contributed by atoms with Crippen LogP contribution in [0.4, 0.5) is 23.7 Å². The van der Waals surface area contributed by atoms with Gasteiger partial charge in [-0.05, 0) is 23.8 Å². The lowest BCUT2D eigenvalue weighted by Crippen LogP contribution is -2.56. The number of amides is 2. The number of fused-ring (bicyclic) bond motifs is 1. The first-order valence-electron chi connectivity index (χ1n) is 7.58. The van der Waals surface area contributed by atoms with Crippen LogP contribution in [0.1, 0.15) is 11.1 Å². The number of halogens is 4. The maximum atomic E-state index is 13.9. The van der Waals surface area contributed by atoms with E-state index >= 15 is 0 Å². The second-order valence-corrected chi connectivity index (χ2v) is 6.17. The van der Waals surface area contributed by atoms with E-state index in [2.05, 4.69) is 25.3 Å². The SMILES string of the molecule is O=C(Cc1cncnc1)NCC1(C(F)(F)F)OC(=O)Nc2ccc(Cl)cc21. The van der Waals surface area contributed by atoms with E-state index in [9.17, 15) is 22.8 Å². The maximum Gasteiger partial charge on any atom is 0.434 e. The van der Waals surface area contributed by atoms with Gasteiger partial charge in [0, 0.05) is 23.0 Å². The topological polar surface area (TPSA) is 93.2 Å². The van der Waals surface area contributed by atoms with Gasteiger partial charge in [0.25, 0.3) is 5.60 Å². The van der Waals surface area contributed by atoms with Gasteiger partial charge >= 0.3 is 12.3 Å². The van der Waals surface area contributed by atoms with Crippen molar-refractivity contribution in [2.75, 3.05) is 11.9 Å². The molecule has 3 rings (SSSR count). The lowest BCUT2D eigenvalue weighted by atomic mass is 9.89. The summed E-state index contributed by atoms with van der Waals surface area (Å²) in [6.45, 7) is -1.01. The Bertz CT molecular complexity index is 879. The summed E-state index contributed by atoms with van der Waals surface area (Å²) in [6, 6.07) is 3.61. The van der Waals surface area contributed by atoms with E-state index in [1.807, 2.05) is 0 Å². The van der Waals surface area contributed by atoms with Crippen molar-refractivity contribution in [3.05, 3.63) is 53.1 Å². The van der Waals surface area contributed by atoms with Crippen molar-refractivity contribution >= 4 is 29.3 Å². The molecule has 2 N–H and O–H groups in total. The third kappa shape index (κ3) is 3.80. The first-order valence-corrected chi connectivity index (χ1v) is 7.96. The molecule has 0 bridgehead atoms. The standard InChI is InChI=1S/C16H12ClF3N4O3/c17-10-1-2-12-11(4-10)15(16(18,19)20,27-14(26)24-12)7-23-13(25)3-9-5-21-8-22-6-9/h1-2,4-6,8H,3,7H2,(H,23,25)(H,24,26). The molecule has 1 atom stereocenters. The normalized spacial score (nSPS) is 18.9. The molecule has 27 heavy (non-hydrogen) atoms. The Labute approximate surface area is 155 Å². The molecule has 0 fully saturated rings. The van der Waals surface area contributed by atoms with E-state index in [4.69, 9.17) is 11.6 Å². The van der Waals surface area contributed by atoms with Gasteiger partial charge in [0.05, 0.1) is 18.7 Å². The van der Waals surface area contributed by atoms with Gasteiger partial charge in [-0.1, -0.05) is 11.6 Å². The highest BCUT2D eigenvalue weighted by molar-refractivity contribution is 6.30. The van der Waals surface area contributed by atoms with Gasteiger partial charge < -0.3 is 10.1 Å². The summed E-state index contributed by atoms with van der Waals surface area (Å²) in [5, 5.41) is 4.38. The molecule has 0 radical (unpaired) electrons. The minimum atomic E-state index is -5.01. The number of rotatable bonds is 4. The maximum absolute atomic E-state index is 13.9. The molecular formula is C16H12ClF3N4O3. The summed E-state index contributed by atoms with van der Waals surface area (Å²) in [7, 11) is 0. The molecule has 0 spiro atoms. The van der Waals surface area contributed by atoms with E-state index in [1.54, 1.807) is 0 Å². The van der Waals surface area contributed by atoms with Gasteiger partial charge in [0.2, 0.25) is 5.91 Å². The zero-order valence-corrected chi connectivity index (χ0v) is 14.3. The number of ether oxygens (including phenoxy) is 1. The number of hydrogen-bond acceptors (Lipinski definition) is 5. The molecule has 1 aliphatic rings. The number of benzene rings is 1. The van der Waals surface area contributed by atoms with Crippen LogP contribution < -0.4 is 10.6 Å². The van der Waals surface area contributed by atoms with Crippen LogP contribution in [0.5, 0.6) is 0 Å². The van der Waals surface area contributed by atoms with Gasteiger partial charge in [0.15, 0.2) is 0 Å². The number of aromatic nitrogens is 2. The second kappa shape index (κ2) is 7.03. The van der Waals surface area contributed by atoms with E-state index in [0.717, 1.165) is 6.07 Å². The molecule has 1 aliphatic heterocycles. The Morgan fingerprint density at radius 2 is 2.00 bits per heavy atom. The van der Waals surface area contributed by atoms with Crippen molar-refractivity contribution in [2.45, 2.75) is 18.2 Å². The van der Waals surface area contributed by atoms with Gasteiger partial charge in [-0.3, -0.25) is 10.1 Å². The molecule has 2 aromatic rings. The summed E-state index contributed by atoms with van der Waals surface area (Å²) >= 11 is 5.82. The molecule has 7 nitrogen and oxygen atoms in total. The fourth-order valence-electron chi connectivity index (χ4n) is 2.64. The van der Waals surface area contributed by atoms with E-state index < -0.39 is 35.9 Å². The first-order chi connectivity index (χ1) is 12.7. The molecule has 1 aromatic carbocycles.